The molecular formula is C10H21NO3S. The van der Waals surface area contributed by atoms with Crippen molar-refractivity contribution in [3.8, 4) is 0 Å². The standard InChI is InChI=1S/C10H21NO3S/c1-3-10(4-2,9-12)8-11-6-5-7-15(11,13)14/h12H,3-9H2,1-2H3. The maximum atomic E-state index is 11.6. The summed E-state index contributed by atoms with van der Waals surface area (Å²) in [6, 6.07) is 0. The van der Waals surface area contributed by atoms with Crippen LogP contribution < -0.4 is 0 Å². The Kier molecular flexibility index (Phi) is 4.14. The summed E-state index contributed by atoms with van der Waals surface area (Å²) in [6.07, 6.45) is 2.34. The second-order valence-corrected chi connectivity index (χ2v) is 6.46. The Labute approximate surface area is 92.3 Å². The van der Waals surface area contributed by atoms with Crippen molar-refractivity contribution in [2.24, 2.45) is 5.41 Å². The van der Waals surface area contributed by atoms with Gasteiger partial charge in [-0.3, -0.25) is 0 Å². The van der Waals surface area contributed by atoms with Crippen LogP contribution in [0.15, 0.2) is 0 Å². The van der Waals surface area contributed by atoms with E-state index in [-0.39, 0.29) is 17.8 Å². The van der Waals surface area contributed by atoms with Crippen molar-refractivity contribution in [1.82, 2.24) is 4.31 Å². The van der Waals surface area contributed by atoms with Crippen molar-refractivity contribution in [3.05, 3.63) is 0 Å². The summed E-state index contributed by atoms with van der Waals surface area (Å²) in [5.74, 6) is 0.266. The van der Waals surface area contributed by atoms with E-state index in [4.69, 9.17) is 0 Å². The smallest absolute Gasteiger partial charge is 0.214 e. The first kappa shape index (κ1) is 12.9. The molecular weight excluding hydrogens is 214 g/mol. The molecule has 1 saturated heterocycles. The Morgan fingerprint density at radius 3 is 2.27 bits per heavy atom. The SMILES string of the molecule is CCC(CC)(CO)CN1CCCS1(=O)=O. The Morgan fingerprint density at radius 2 is 1.93 bits per heavy atom. The molecule has 0 bridgehead atoms. The lowest BCUT2D eigenvalue weighted by Crippen LogP contribution is -2.40. The molecule has 0 aliphatic carbocycles. The fraction of sp³-hybridized carbons (Fsp3) is 1.00. The fourth-order valence-electron chi connectivity index (χ4n) is 1.99. The molecule has 5 heteroatoms. The van der Waals surface area contributed by atoms with Gasteiger partial charge in [-0.1, -0.05) is 13.8 Å². The molecule has 0 unspecified atom stereocenters. The summed E-state index contributed by atoms with van der Waals surface area (Å²) in [7, 11) is -3.03. The molecule has 0 aromatic heterocycles. The van der Waals surface area contributed by atoms with E-state index in [9.17, 15) is 13.5 Å². The molecule has 1 aliphatic heterocycles. The van der Waals surface area contributed by atoms with E-state index in [0.29, 0.717) is 13.1 Å². The van der Waals surface area contributed by atoms with E-state index >= 15 is 0 Å². The molecule has 0 saturated carbocycles. The highest BCUT2D eigenvalue weighted by molar-refractivity contribution is 7.89. The lowest BCUT2D eigenvalue weighted by molar-refractivity contribution is 0.0939. The highest BCUT2D eigenvalue weighted by Crippen LogP contribution is 2.29. The van der Waals surface area contributed by atoms with E-state index in [1.165, 1.54) is 4.31 Å². The highest BCUT2D eigenvalue weighted by atomic mass is 32.2. The topological polar surface area (TPSA) is 57.6 Å². The van der Waals surface area contributed by atoms with Gasteiger partial charge < -0.3 is 5.11 Å². The third kappa shape index (κ3) is 2.71. The molecule has 4 nitrogen and oxygen atoms in total. The van der Waals surface area contributed by atoms with Crippen LogP contribution in [0.25, 0.3) is 0 Å². The first-order valence-electron chi connectivity index (χ1n) is 5.58. The number of hydrogen-bond acceptors (Lipinski definition) is 3. The zero-order valence-electron chi connectivity index (χ0n) is 9.57. The third-order valence-corrected chi connectivity index (χ3v) is 5.45. The van der Waals surface area contributed by atoms with Gasteiger partial charge in [-0.2, -0.15) is 0 Å². The second kappa shape index (κ2) is 4.80. The summed E-state index contributed by atoms with van der Waals surface area (Å²) in [5, 5.41) is 9.39. The van der Waals surface area contributed by atoms with Gasteiger partial charge in [0.2, 0.25) is 10.0 Å². The number of sulfonamides is 1. The van der Waals surface area contributed by atoms with Crippen LogP contribution in [0.2, 0.25) is 0 Å². The van der Waals surface area contributed by atoms with Gasteiger partial charge in [-0.25, -0.2) is 12.7 Å². The molecule has 15 heavy (non-hydrogen) atoms. The van der Waals surface area contributed by atoms with Crippen LogP contribution in [0, 0.1) is 5.41 Å². The first-order valence-corrected chi connectivity index (χ1v) is 7.19. The van der Waals surface area contributed by atoms with Crippen molar-refractivity contribution in [2.45, 2.75) is 33.1 Å². The maximum Gasteiger partial charge on any atom is 0.214 e. The van der Waals surface area contributed by atoms with Crippen molar-refractivity contribution in [1.29, 1.82) is 0 Å². The maximum absolute atomic E-state index is 11.6. The van der Waals surface area contributed by atoms with Gasteiger partial charge >= 0.3 is 0 Å². The summed E-state index contributed by atoms with van der Waals surface area (Å²) in [6.45, 7) is 5.15. The fourth-order valence-corrected chi connectivity index (χ4v) is 3.62. The predicted octanol–water partition coefficient (Wildman–Crippen LogP) is 0.821. The number of hydrogen-bond donors (Lipinski definition) is 1. The normalized spacial score (nSPS) is 22.1. The highest BCUT2D eigenvalue weighted by Gasteiger charge is 2.35. The minimum Gasteiger partial charge on any atom is -0.396 e. The van der Waals surface area contributed by atoms with Crippen LogP contribution in [0.1, 0.15) is 33.1 Å². The molecule has 0 spiro atoms. The van der Waals surface area contributed by atoms with Gasteiger partial charge in [0.25, 0.3) is 0 Å². The molecule has 0 amide bonds. The van der Waals surface area contributed by atoms with E-state index < -0.39 is 10.0 Å². The number of nitrogens with zero attached hydrogens (tertiary/aromatic N) is 1. The first-order chi connectivity index (χ1) is 6.99. The van der Waals surface area contributed by atoms with E-state index in [1.54, 1.807) is 0 Å². The van der Waals surface area contributed by atoms with Crippen molar-refractivity contribution < 1.29 is 13.5 Å². The van der Waals surface area contributed by atoms with E-state index in [1.807, 2.05) is 13.8 Å². The average Bonchev–Trinajstić information content (AvgIpc) is 2.55. The molecule has 1 fully saturated rings. The summed E-state index contributed by atoms with van der Waals surface area (Å²) < 4.78 is 24.8. The molecule has 90 valence electrons. The van der Waals surface area contributed by atoms with Crippen molar-refractivity contribution in [2.75, 3.05) is 25.4 Å². The van der Waals surface area contributed by atoms with Crippen LogP contribution in [-0.4, -0.2) is 43.3 Å². The van der Waals surface area contributed by atoms with Crippen molar-refractivity contribution >= 4 is 10.0 Å². The molecule has 0 aromatic carbocycles. The Morgan fingerprint density at radius 1 is 1.33 bits per heavy atom. The molecule has 1 rings (SSSR count). The zero-order valence-corrected chi connectivity index (χ0v) is 10.4. The van der Waals surface area contributed by atoms with Crippen LogP contribution >= 0.6 is 0 Å². The van der Waals surface area contributed by atoms with E-state index in [0.717, 1.165) is 19.3 Å². The summed E-state index contributed by atoms with van der Waals surface area (Å²) >= 11 is 0. The van der Waals surface area contributed by atoms with Crippen LogP contribution in [0.4, 0.5) is 0 Å². The van der Waals surface area contributed by atoms with Crippen LogP contribution in [-0.2, 0) is 10.0 Å². The van der Waals surface area contributed by atoms with Gasteiger partial charge in [0, 0.05) is 25.1 Å². The van der Waals surface area contributed by atoms with Gasteiger partial charge in [0.1, 0.15) is 0 Å². The predicted molar refractivity (Wildman–Crippen MR) is 60.1 cm³/mol. The Hall–Kier alpha value is -0.130. The van der Waals surface area contributed by atoms with E-state index in [2.05, 4.69) is 0 Å². The summed E-state index contributed by atoms with van der Waals surface area (Å²) in [5.41, 5.74) is -0.253. The molecule has 1 aliphatic rings. The number of aliphatic hydroxyl groups excluding tert-OH is 1. The molecule has 0 aromatic rings. The number of rotatable bonds is 5. The molecule has 0 radical (unpaired) electrons. The van der Waals surface area contributed by atoms with Crippen molar-refractivity contribution in [3.63, 3.8) is 0 Å². The van der Waals surface area contributed by atoms with Crippen LogP contribution in [0.5, 0.6) is 0 Å². The van der Waals surface area contributed by atoms with Gasteiger partial charge in [0.05, 0.1) is 5.75 Å². The lowest BCUT2D eigenvalue weighted by Gasteiger charge is -2.33. The van der Waals surface area contributed by atoms with Gasteiger partial charge in [-0.15, -0.1) is 0 Å². The Bertz CT molecular complexity index is 288. The monoisotopic (exact) mass is 235 g/mol. The zero-order chi connectivity index (χ0) is 11.5. The molecule has 1 N–H and O–H groups in total. The Balaban J connectivity index is 2.75. The number of aliphatic hydroxyl groups is 1. The largest absolute Gasteiger partial charge is 0.396 e. The second-order valence-electron chi connectivity index (χ2n) is 4.37. The minimum atomic E-state index is -3.03. The quantitative estimate of drug-likeness (QED) is 0.767. The molecule has 0 atom stereocenters. The van der Waals surface area contributed by atoms with Gasteiger partial charge in [0.15, 0.2) is 0 Å². The average molecular weight is 235 g/mol. The van der Waals surface area contributed by atoms with Gasteiger partial charge in [-0.05, 0) is 19.3 Å². The molecule has 1 heterocycles. The lowest BCUT2D eigenvalue weighted by atomic mass is 9.83. The van der Waals surface area contributed by atoms with Crippen LogP contribution in [0.3, 0.4) is 0 Å². The third-order valence-electron chi connectivity index (χ3n) is 3.55. The summed E-state index contributed by atoms with van der Waals surface area (Å²) in [4.78, 5) is 0. The minimum absolute atomic E-state index is 0.0615.